The molecule has 0 spiro atoms. The topological polar surface area (TPSA) is 41.1 Å². The molecule has 1 heterocycles. The number of alkyl halides is 3. The number of hydrogen-bond acceptors (Lipinski definition) is 2. The molecule has 1 rings (SSSR count). The van der Waals surface area contributed by atoms with Crippen molar-refractivity contribution >= 4 is 5.91 Å². The van der Waals surface area contributed by atoms with Gasteiger partial charge in [0, 0.05) is 19.5 Å². The van der Waals surface area contributed by atoms with Crippen LogP contribution in [-0.2, 0) is 4.79 Å². The van der Waals surface area contributed by atoms with E-state index in [-0.39, 0.29) is 18.2 Å². The summed E-state index contributed by atoms with van der Waals surface area (Å²) in [5.41, 5.74) is 0. The largest absolute Gasteiger partial charge is 0.389 e. The standard InChI is InChI=1S/C11H19F3N2O/c12-11(13,14)5-1-2-7-16-10(17)9-4-3-6-15-8-9/h9,15H,1-8H2,(H,16,17). The lowest BCUT2D eigenvalue weighted by atomic mass is 9.99. The van der Waals surface area contributed by atoms with Gasteiger partial charge in [0.1, 0.15) is 0 Å². The van der Waals surface area contributed by atoms with Crippen LogP contribution in [0.4, 0.5) is 13.2 Å². The Hall–Kier alpha value is -0.780. The van der Waals surface area contributed by atoms with Crippen LogP contribution in [0.25, 0.3) is 0 Å². The number of piperidine rings is 1. The van der Waals surface area contributed by atoms with Crippen LogP contribution in [0, 0.1) is 5.92 Å². The molecule has 0 radical (unpaired) electrons. The highest BCUT2D eigenvalue weighted by molar-refractivity contribution is 5.78. The molecule has 0 aromatic carbocycles. The summed E-state index contributed by atoms with van der Waals surface area (Å²) in [6.45, 7) is 1.95. The van der Waals surface area contributed by atoms with Crippen LogP contribution in [0.1, 0.15) is 32.1 Å². The van der Waals surface area contributed by atoms with Crippen LogP contribution >= 0.6 is 0 Å². The van der Waals surface area contributed by atoms with Gasteiger partial charge in [-0.15, -0.1) is 0 Å². The van der Waals surface area contributed by atoms with Crippen LogP contribution in [0.3, 0.4) is 0 Å². The smallest absolute Gasteiger partial charge is 0.356 e. The third-order valence-corrected chi connectivity index (χ3v) is 2.85. The SMILES string of the molecule is O=C(NCCCCC(F)(F)F)C1CCCNC1. The van der Waals surface area contributed by atoms with Crippen molar-refractivity contribution in [1.29, 1.82) is 0 Å². The highest BCUT2D eigenvalue weighted by Gasteiger charge is 2.26. The molecule has 1 atom stereocenters. The first-order valence-electron chi connectivity index (χ1n) is 6.04. The number of amides is 1. The van der Waals surface area contributed by atoms with Crippen molar-refractivity contribution in [1.82, 2.24) is 10.6 Å². The van der Waals surface area contributed by atoms with Gasteiger partial charge in [-0.3, -0.25) is 4.79 Å². The number of hydrogen-bond donors (Lipinski definition) is 2. The first kappa shape index (κ1) is 14.3. The molecule has 1 amide bonds. The van der Waals surface area contributed by atoms with Crippen molar-refractivity contribution in [2.24, 2.45) is 5.92 Å². The predicted octanol–water partition coefficient (Wildman–Crippen LogP) is 1.83. The third-order valence-electron chi connectivity index (χ3n) is 2.85. The van der Waals surface area contributed by atoms with Gasteiger partial charge >= 0.3 is 6.18 Å². The zero-order chi connectivity index (χ0) is 12.7. The van der Waals surface area contributed by atoms with Gasteiger partial charge in [-0.1, -0.05) is 0 Å². The molecule has 0 saturated carbocycles. The minimum atomic E-state index is -4.09. The normalized spacial score (nSPS) is 21.2. The van der Waals surface area contributed by atoms with Gasteiger partial charge in [-0.2, -0.15) is 13.2 Å². The molecule has 2 N–H and O–H groups in total. The zero-order valence-electron chi connectivity index (χ0n) is 9.78. The molecule has 3 nitrogen and oxygen atoms in total. The Labute approximate surface area is 99.1 Å². The van der Waals surface area contributed by atoms with E-state index < -0.39 is 12.6 Å². The molecule has 0 aromatic rings. The molecule has 17 heavy (non-hydrogen) atoms. The lowest BCUT2D eigenvalue weighted by Gasteiger charge is -2.21. The van der Waals surface area contributed by atoms with E-state index in [4.69, 9.17) is 0 Å². The summed E-state index contributed by atoms with van der Waals surface area (Å²) in [4.78, 5) is 11.6. The fourth-order valence-electron chi connectivity index (χ4n) is 1.88. The van der Waals surface area contributed by atoms with Gasteiger partial charge in [-0.05, 0) is 32.2 Å². The maximum absolute atomic E-state index is 11.8. The Morgan fingerprint density at radius 3 is 2.71 bits per heavy atom. The highest BCUT2D eigenvalue weighted by Crippen LogP contribution is 2.21. The van der Waals surface area contributed by atoms with E-state index in [0.29, 0.717) is 19.5 Å². The Morgan fingerprint density at radius 2 is 2.12 bits per heavy atom. The first-order valence-corrected chi connectivity index (χ1v) is 6.04. The van der Waals surface area contributed by atoms with Crippen molar-refractivity contribution in [3.63, 3.8) is 0 Å². The summed E-state index contributed by atoms with van der Waals surface area (Å²) in [7, 11) is 0. The summed E-state index contributed by atoms with van der Waals surface area (Å²) >= 11 is 0. The second-order valence-corrected chi connectivity index (χ2v) is 4.41. The molecule has 1 fully saturated rings. The summed E-state index contributed by atoms with van der Waals surface area (Å²) in [6, 6.07) is 0. The van der Waals surface area contributed by atoms with Gasteiger partial charge in [0.2, 0.25) is 5.91 Å². The van der Waals surface area contributed by atoms with Crippen LogP contribution in [0.15, 0.2) is 0 Å². The number of rotatable bonds is 5. The van der Waals surface area contributed by atoms with Crippen molar-refractivity contribution in [2.75, 3.05) is 19.6 Å². The van der Waals surface area contributed by atoms with Crippen LogP contribution < -0.4 is 10.6 Å². The van der Waals surface area contributed by atoms with Crippen LogP contribution in [0.5, 0.6) is 0 Å². The zero-order valence-corrected chi connectivity index (χ0v) is 9.78. The summed E-state index contributed by atoms with van der Waals surface area (Å²) in [5, 5.41) is 5.82. The molecule has 0 aliphatic carbocycles. The monoisotopic (exact) mass is 252 g/mol. The van der Waals surface area contributed by atoms with Gasteiger partial charge in [0.25, 0.3) is 0 Å². The predicted molar refractivity (Wildman–Crippen MR) is 58.5 cm³/mol. The van der Waals surface area contributed by atoms with E-state index >= 15 is 0 Å². The number of nitrogens with one attached hydrogen (secondary N) is 2. The molecular formula is C11H19F3N2O. The molecule has 1 saturated heterocycles. The highest BCUT2D eigenvalue weighted by atomic mass is 19.4. The number of carbonyl (C=O) groups is 1. The summed E-state index contributed by atoms with van der Waals surface area (Å²) < 4.78 is 35.5. The van der Waals surface area contributed by atoms with Gasteiger partial charge in [0.05, 0.1) is 5.92 Å². The Bertz CT molecular complexity index is 237. The average Bonchev–Trinajstić information content (AvgIpc) is 2.28. The number of halogens is 3. The van der Waals surface area contributed by atoms with E-state index in [0.717, 1.165) is 19.4 Å². The Kier molecular flexibility index (Phi) is 5.74. The Morgan fingerprint density at radius 1 is 1.35 bits per heavy atom. The minimum Gasteiger partial charge on any atom is -0.356 e. The second kappa shape index (κ2) is 6.83. The molecule has 1 aliphatic heterocycles. The molecule has 0 aromatic heterocycles. The van der Waals surface area contributed by atoms with Crippen molar-refractivity contribution < 1.29 is 18.0 Å². The average molecular weight is 252 g/mol. The van der Waals surface area contributed by atoms with E-state index in [2.05, 4.69) is 10.6 Å². The molecule has 1 aliphatic rings. The quantitative estimate of drug-likeness (QED) is 0.733. The van der Waals surface area contributed by atoms with Gasteiger partial charge < -0.3 is 10.6 Å². The lowest BCUT2D eigenvalue weighted by molar-refractivity contribution is -0.135. The van der Waals surface area contributed by atoms with E-state index in [9.17, 15) is 18.0 Å². The molecule has 1 unspecified atom stereocenters. The summed E-state index contributed by atoms with van der Waals surface area (Å²) in [6.07, 6.45) is -2.56. The number of carbonyl (C=O) groups excluding carboxylic acids is 1. The molecular weight excluding hydrogens is 233 g/mol. The maximum Gasteiger partial charge on any atom is 0.389 e. The van der Waals surface area contributed by atoms with E-state index in [1.807, 2.05) is 0 Å². The molecule has 100 valence electrons. The van der Waals surface area contributed by atoms with Gasteiger partial charge in [-0.25, -0.2) is 0 Å². The third kappa shape index (κ3) is 6.51. The van der Waals surface area contributed by atoms with E-state index in [1.54, 1.807) is 0 Å². The van der Waals surface area contributed by atoms with Crippen molar-refractivity contribution in [3.05, 3.63) is 0 Å². The van der Waals surface area contributed by atoms with Crippen LogP contribution in [-0.4, -0.2) is 31.7 Å². The summed E-state index contributed by atoms with van der Waals surface area (Å²) in [5.74, 6) is -0.0597. The minimum absolute atomic E-state index is 0.0219. The first-order chi connectivity index (χ1) is 7.99. The van der Waals surface area contributed by atoms with Crippen molar-refractivity contribution in [3.8, 4) is 0 Å². The van der Waals surface area contributed by atoms with E-state index in [1.165, 1.54) is 0 Å². The Balaban J connectivity index is 2.04. The van der Waals surface area contributed by atoms with Gasteiger partial charge in [0.15, 0.2) is 0 Å². The molecule has 6 heteroatoms. The second-order valence-electron chi connectivity index (χ2n) is 4.41. The number of unbranched alkanes of at least 4 members (excludes halogenated alkanes) is 1. The fraction of sp³-hybridized carbons (Fsp3) is 0.909. The lowest BCUT2D eigenvalue weighted by Crippen LogP contribution is -2.40. The van der Waals surface area contributed by atoms with Crippen molar-refractivity contribution in [2.45, 2.75) is 38.3 Å². The molecule has 0 bridgehead atoms. The maximum atomic E-state index is 11.8. The van der Waals surface area contributed by atoms with Crippen LogP contribution in [0.2, 0.25) is 0 Å². The fourth-order valence-corrected chi connectivity index (χ4v) is 1.88.